The van der Waals surface area contributed by atoms with Crippen LogP contribution in [0.5, 0.6) is 5.75 Å². The van der Waals surface area contributed by atoms with Gasteiger partial charge in [-0.05, 0) is 51.1 Å². The van der Waals surface area contributed by atoms with Crippen LogP contribution in [0.2, 0.25) is 0 Å². The van der Waals surface area contributed by atoms with E-state index in [0.717, 1.165) is 23.4 Å². The minimum atomic E-state index is -0.445. The molecule has 0 aliphatic rings. The minimum Gasteiger partial charge on any atom is -0.493 e. The number of para-hydroxylation sites is 1. The Bertz CT molecular complexity index is 994. The van der Waals surface area contributed by atoms with E-state index in [1.807, 2.05) is 26.8 Å². The number of ether oxygens (including phenoxy) is 1. The molecule has 3 rings (SSSR count). The Morgan fingerprint density at radius 3 is 2.56 bits per heavy atom. The number of carbonyl (C=O) groups excluding carboxylic acids is 2. The van der Waals surface area contributed by atoms with Crippen LogP contribution in [0.15, 0.2) is 42.5 Å². The molecule has 0 radical (unpaired) electrons. The van der Waals surface area contributed by atoms with Crippen LogP contribution in [0.25, 0.3) is 11.0 Å². The molecule has 27 heavy (non-hydrogen) atoms. The van der Waals surface area contributed by atoms with Gasteiger partial charge >= 0.3 is 0 Å². The first kappa shape index (κ1) is 18.4. The Labute approximate surface area is 157 Å². The zero-order chi connectivity index (χ0) is 19.4. The molecule has 0 aliphatic carbocycles. The van der Waals surface area contributed by atoms with E-state index >= 15 is 0 Å². The second-order valence-corrected chi connectivity index (χ2v) is 5.94. The number of aromatic nitrogens is 2. The number of benzene rings is 2. The SMILES string of the molecule is CCOc1ccccc1C(=O)NNC(=O)c1ccc2c(c1)nc(C)n2CC. The van der Waals surface area contributed by atoms with E-state index in [-0.39, 0.29) is 0 Å². The lowest BCUT2D eigenvalue weighted by Gasteiger charge is -2.11. The summed E-state index contributed by atoms with van der Waals surface area (Å²) in [7, 11) is 0. The lowest BCUT2D eigenvalue weighted by molar-refractivity contribution is 0.0844. The molecule has 140 valence electrons. The highest BCUT2D eigenvalue weighted by Crippen LogP contribution is 2.19. The average molecular weight is 366 g/mol. The third-order valence-corrected chi connectivity index (χ3v) is 4.24. The van der Waals surface area contributed by atoms with E-state index in [9.17, 15) is 9.59 Å². The van der Waals surface area contributed by atoms with E-state index in [2.05, 4.69) is 20.4 Å². The fourth-order valence-electron chi connectivity index (χ4n) is 2.98. The number of hydrazine groups is 1. The molecule has 2 N–H and O–H groups in total. The Kier molecular flexibility index (Phi) is 5.40. The van der Waals surface area contributed by atoms with E-state index < -0.39 is 11.8 Å². The summed E-state index contributed by atoms with van der Waals surface area (Å²) in [5.74, 6) is 0.502. The van der Waals surface area contributed by atoms with Gasteiger partial charge in [0.25, 0.3) is 11.8 Å². The first-order valence-corrected chi connectivity index (χ1v) is 8.84. The van der Waals surface area contributed by atoms with Gasteiger partial charge in [0.15, 0.2) is 0 Å². The van der Waals surface area contributed by atoms with Gasteiger partial charge in [-0.15, -0.1) is 0 Å². The standard InChI is InChI=1S/C20H22N4O3/c1-4-24-13(3)21-16-12-14(10-11-17(16)24)19(25)22-23-20(26)15-8-6-7-9-18(15)27-5-2/h6-12H,4-5H2,1-3H3,(H,22,25)(H,23,26). The molecule has 7 heteroatoms. The number of carbonyl (C=O) groups is 2. The minimum absolute atomic E-state index is 0.354. The molecule has 3 aromatic rings. The molecule has 0 aliphatic heterocycles. The molecule has 1 heterocycles. The van der Waals surface area contributed by atoms with Crippen molar-refractivity contribution in [1.82, 2.24) is 20.4 Å². The van der Waals surface area contributed by atoms with E-state index in [1.165, 1.54) is 0 Å². The van der Waals surface area contributed by atoms with Crippen LogP contribution in [-0.2, 0) is 6.54 Å². The molecule has 0 unspecified atom stereocenters. The van der Waals surface area contributed by atoms with Crippen LogP contribution in [0, 0.1) is 6.92 Å². The van der Waals surface area contributed by atoms with Gasteiger partial charge in [-0.1, -0.05) is 12.1 Å². The Hall–Kier alpha value is -3.35. The van der Waals surface area contributed by atoms with Gasteiger partial charge in [0.1, 0.15) is 11.6 Å². The molecule has 0 saturated heterocycles. The Morgan fingerprint density at radius 2 is 1.81 bits per heavy atom. The molecule has 0 bridgehead atoms. The van der Waals surface area contributed by atoms with E-state index in [1.54, 1.807) is 36.4 Å². The highest BCUT2D eigenvalue weighted by Gasteiger charge is 2.14. The first-order valence-electron chi connectivity index (χ1n) is 8.84. The summed E-state index contributed by atoms with van der Waals surface area (Å²) in [5, 5.41) is 0. The molecular formula is C20H22N4O3. The monoisotopic (exact) mass is 366 g/mol. The fraction of sp³-hybridized carbons (Fsp3) is 0.250. The maximum Gasteiger partial charge on any atom is 0.273 e. The second-order valence-electron chi connectivity index (χ2n) is 5.94. The van der Waals surface area contributed by atoms with Gasteiger partial charge in [-0.25, -0.2) is 4.98 Å². The largest absolute Gasteiger partial charge is 0.493 e. The lowest BCUT2D eigenvalue weighted by Crippen LogP contribution is -2.41. The molecule has 0 spiro atoms. The van der Waals surface area contributed by atoms with Crippen LogP contribution in [-0.4, -0.2) is 28.0 Å². The first-order chi connectivity index (χ1) is 13.0. The van der Waals surface area contributed by atoms with Crippen molar-refractivity contribution in [1.29, 1.82) is 0 Å². The highest BCUT2D eigenvalue weighted by atomic mass is 16.5. The van der Waals surface area contributed by atoms with Gasteiger partial charge in [0, 0.05) is 12.1 Å². The number of rotatable bonds is 5. The molecule has 0 saturated carbocycles. The normalized spacial score (nSPS) is 10.6. The van der Waals surface area contributed by atoms with Gasteiger partial charge in [0.2, 0.25) is 0 Å². The van der Waals surface area contributed by atoms with Crippen LogP contribution in [0.4, 0.5) is 0 Å². The fourth-order valence-corrected chi connectivity index (χ4v) is 2.98. The zero-order valence-electron chi connectivity index (χ0n) is 15.6. The third kappa shape index (κ3) is 3.76. The Morgan fingerprint density at radius 1 is 1.07 bits per heavy atom. The van der Waals surface area contributed by atoms with Crippen molar-refractivity contribution in [2.45, 2.75) is 27.3 Å². The predicted molar refractivity (Wildman–Crippen MR) is 103 cm³/mol. The van der Waals surface area contributed by atoms with Crippen molar-refractivity contribution in [3.63, 3.8) is 0 Å². The lowest BCUT2D eigenvalue weighted by atomic mass is 10.2. The summed E-state index contributed by atoms with van der Waals surface area (Å²) < 4.78 is 7.51. The molecule has 2 amide bonds. The van der Waals surface area contributed by atoms with Crippen molar-refractivity contribution in [3.8, 4) is 5.75 Å². The summed E-state index contributed by atoms with van der Waals surface area (Å²) in [5.41, 5.74) is 7.36. The summed E-state index contributed by atoms with van der Waals surface area (Å²) in [6, 6.07) is 12.2. The van der Waals surface area contributed by atoms with Crippen molar-refractivity contribution in [2.24, 2.45) is 0 Å². The van der Waals surface area contributed by atoms with Crippen LogP contribution in [0.1, 0.15) is 40.4 Å². The molecule has 1 aromatic heterocycles. The molecule has 0 fully saturated rings. The average Bonchev–Trinajstić information content (AvgIpc) is 3.00. The highest BCUT2D eigenvalue weighted by molar-refractivity contribution is 6.01. The summed E-state index contributed by atoms with van der Waals surface area (Å²) >= 11 is 0. The number of fused-ring (bicyclic) bond motifs is 1. The second kappa shape index (κ2) is 7.90. The number of amides is 2. The molecule has 7 nitrogen and oxygen atoms in total. The predicted octanol–water partition coefficient (Wildman–Crippen LogP) is 2.84. The summed E-state index contributed by atoms with van der Waals surface area (Å²) in [4.78, 5) is 29.2. The number of aryl methyl sites for hydroxylation is 2. The van der Waals surface area contributed by atoms with Gasteiger partial charge in [-0.2, -0.15) is 0 Å². The van der Waals surface area contributed by atoms with E-state index in [4.69, 9.17) is 4.74 Å². The van der Waals surface area contributed by atoms with Crippen molar-refractivity contribution in [2.75, 3.05) is 6.61 Å². The van der Waals surface area contributed by atoms with Crippen molar-refractivity contribution in [3.05, 3.63) is 59.4 Å². The van der Waals surface area contributed by atoms with Crippen molar-refractivity contribution < 1.29 is 14.3 Å². The maximum absolute atomic E-state index is 12.4. The number of imidazole rings is 1. The molecule has 2 aromatic carbocycles. The number of nitrogens with zero attached hydrogens (tertiary/aromatic N) is 2. The van der Waals surface area contributed by atoms with Gasteiger partial charge in [0.05, 0.1) is 23.2 Å². The third-order valence-electron chi connectivity index (χ3n) is 4.24. The Balaban J connectivity index is 1.72. The molecular weight excluding hydrogens is 344 g/mol. The zero-order valence-corrected chi connectivity index (χ0v) is 15.6. The number of hydrogen-bond acceptors (Lipinski definition) is 4. The maximum atomic E-state index is 12.4. The van der Waals surface area contributed by atoms with Gasteiger partial charge < -0.3 is 9.30 Å². The number of nitrogens with one attached hydrogen (secondary N) is 2. The quantitative estimate of drug-likeness (QED) is 0.680. The van der Waals surface area contributed by atoms with Crippen LogP contribution in [0.3, 0.4) is 0 Å². The number of hydrogen-bond donors (Lipinski definition) is 2. The van der Waals surface area contributed by atoms with Crippen LogP contribution < -0.4 is 15.6 Å². The summed E-state index contributed by atoms with van der Waals surface area (Å²) in [6.45, 7) is 7.07. The van der Waals surface area contributed by atoms with Crippen LogP contribution >= 0.6 is 0 Å². The van der Waals surface area contributed by atoms with Gasteiger partial charge in [-0.3, -0.25) is 20.4 Å². The van der Waals surface area contributed by atoms with E-state index in [0.29, 0.717) is 23.5 Å². The smallest absolute Gasteiger partial charge is 0.273 e. The topological polar surface area (TPSA) is 85.2 Å². The summed E-state index contributed by atoms with van der Waals surface area (Å²) in [6.07, 6.45) is 0. The van der Waals surface area contributed by atoms with Crippen molar-refractivity contribution >= 4 is 22.8 Å². The molecule has 0 atom stereocenters.